The van der Waals surface area contributed by atoms with Crippen molar-refractivity contribution in [3.63, 3.8) is 0 Å². The maximum absolute atomic E-state index is 13.2. The second-order valence-corrected chi connectivity index (χ2v) is 8.41. The van der Waals surface area contributed by atoms with E-state index in [1.54, 1.807) is 11.1 Å². The average Bonchev–Trinajstić information content (AvgIpc) is 3.17. The molecule has 1 aromatic heterocycles. The number of imide groups is 1. The summed E-state index contributed by atoms with van der Waals surface area (Å²) in [5, 5.41) is 9.78. The van der Waals surface area contributed by atoms with E-state index in [4.69, 9.17) is 0 Å². The highest BCUT2D eigenvalue weighted by atomic mass is 16.2. The Labute approximate surface area is 193 Å². The highest BCUT2D eigenvalue weighted by molar-refractivity contribution is 6.02. The number of aromatic nitrogens is 1. The first kappa shape index (κ1) is 22.6. The van der Waals surface area contributed by atoms with Crippen LogP contribution in [0.25, 0.3) is 0 Å². The van der Waals surface area contributed by atoms with Crippen LogP contribution in [0.2, 0.25) is 0 Å². The third-order valence-corrected chi connectivity index (χ3v) is 6.45. The van der Waals surface area contributed by atoms with Crippen molar-refractivity contribution in [2.45, 2.75) is 38.3 Å². The van der Waals surface area contributed by atoms with Gasteiger partial charge in [0.1, 0.15) is 6.04 Å². The molecular weight excluding hydrogens is 418 g/mol. The van der Waals surface area contributed by atoms with Crippen molar-refractivity contribution in [3.8, 4) is 6.07 Å². The zero-order valence-corrected chi connectivity index (χ0v) is 18.7. The summed E-state index contributed by atoms with van der Waals surface area (Å²) in [4.78, 5) is 47.4. The van der Waals surface area contributed by atoms with Crippen molar-refractivity contribution in [2.75, 3.05) is 26.2 Å². The van der Waals surface area contributed by atoms with Gasteiger partial charge in [-0.2, -0.15) is 5.26 Å². The zero-order chi connectivity index (χ0) is 23.4. The second kappa shape index (κ2) is 9.92. The number of nitrogens with zero attached hydrogens (tertiary/aromatic N) is 5. The molecule has 8 nitrogen and oxygen atoms in total. The van der Waals surface area contributed by atoms with Crippen LogP contribution in [0, 0.1) is 18.3 Å². The standard InChI is InChI=1S/C25H27N5O3/c1-18-20(8-5-11-27-18)22(17-26)28-12-14-29(15-13-28)25(33)16-21(19-6-3-2-4-7-19)30-23(31)9-10-24(30)32/h2-8,11,21-22H,9-10,12-16H2,1H3. The molecule has 2 atom stereocenters. The Bertz CT molecular complexity index is 1060. The van der Waals surface area contributed by atoms with Crippen LogP contribution in [-0.2, 0) is 14.4 Å². The summed E-state index contributed by atoms with van der Waals surface area (Å²) in [7, 11) is 0. The van der Waals surface area contributed by atoms with Crippen molar-refractivity contribution in [2.24, 2.45) is 0 Å². The zero-order valence-electron chi connectivity index (χ0n) is 18.7. The maximum atomic E-state index is 13.2. The molecule has 33 heavy (non-hydrogen) atoms. The van der Waals surface area contributed by atoms with Crippen molar-refractivity contribution in [3.05, 3.63) is 65.5 Å². The summed E-state index contributed by atoms with van der Waals surface area (Å²) in [6, 6.07) is 14.4. The summed E-state index contributed by atoms with van der Waals surface area (Å²) < 4.78 is 0. The Morgan fingerprint density at radius 1 is 1.03 bits per heavy atom. The molecule has 1 aromatic carbocycles. The van der Waals surface area contributed by atoms with Gasteiger partial charge in [0.05, 0.1) is 18.5 Å². The minimum Gasteiger partial charge on any atom is -0.340 e. The molecule has 3 heterocycles. The minimum atomic E-state index is -0.593. The first-order chi connectivity index (χ1) is 16.0. The maximum Gasteiger partial charge on any atom is 0.230 e. The van der Waals surface area contributed by atoms with E-state index in [2.05, 4.69) is 16.0 Å². The van der Waals surface area contributed by atoms with Crippen molar-refractivity contribution >= 4 is 17.7 Å². The van der Waals surface area contributed by atoms with E-state index in [1.165, 1.54) is 4.90 Å². The molecule has 0 N–H and O–H groups in total. The fraction of sp³-hybridized carbons (Fsp3) is 0.400. The molecule has 170 valence electrons. The van der Waals surface area contributed by atoms with Gasteiger partial charge >= 0.3 is 0 Å². The Kier molecular flexibility index (Phi) is 6.80. The lowest BCUT2D eigenvalue weighted by Gasteiger charge is -2.38. The molecule has 0 saturated carbocycles. The van der Waals surface area contributed by atoms with Crippen LogP contribution in [0.1, 0.15) is 48.2 Å². The lowest BCUT2D eigenvalue weighted by atomic mass is 10.0. The molecule has 0 radical (unpaired) electrons. The molecular formula is C25H27N5O3. The van der Waals surface area contributed by atoms with Gasteiger partial charge < -0.3 is 4.90 Å². The van der Waals surface area contributed by atoms with Crippen LogP contribution in [-0.4, -0.2) is 63.6 Å². The molecule has 2 fully saturated rings. The minimum absolute atomic E-state index is 0.0604. The number of hydrogen-bond donors (Lipinski definition) is 0. The van der Waals surface area contributed by atoms with E-state index < -0.39 is 12.1 Å². The fourth-order valence-electron chi connectivity index (χ4n) is 4.63. The quantitative estimate of drug-likeness (QED) is 0.634. The molecule has 0 aliphatic carbocycles. The van der Waals surface area contributed by atoms with Crippen molar-refractivity contribution in [1.29, 1.82) is 5.26 Å². The number of nitriles is 1. The predicted molar refractivity (Wildman–Crippen MR) is 120 cm³/mol. The molecule has 3 amide bonds. The van der Waals surface area contributed by atoms with E-state index >= 15 is 0 Å². The first-order valence-electron chi connectivity index (χ1n) is 11.2. The van der Waals surface area contributed by atoms with E-state index in [0.29, 0.717) is 26.2 Å². The van der Waals surface area contributed by atoms with Gasteiger partial charge in [-0.1, -0.05) is 36.4 Å². The Hall–Kier alpha value is -3.57. The molecule has 0 spiro atoms. The average molecular weight is 446 g/mol. The number of piperazine rings is 1. The third kappa shape index (κ3) is 4.78. The van der Waals surface area contributed by atoms with Gasteiger partial charge in [-0.15, -0.1) is 0 Å². The molecule has 2 aromatic rings. The van der Waals surface area contributed by atoms with Gasteiger partial charge in [0.25, 0.3) is 0 Å². The van der Waals surface area contributed by atoms with Gasteiger partial charge in [0.2, 0.25) is 17.7 Å². The second-order valence-electron chi connectivity index (χ2n) is 8.41. The third-order valence-electron chi connectivity index (χ3n) is 6.45. The van der Waals surface area contributed by atoms with Gasteiger partial charge in [-0.25, -0.2) is 0 Å². The van der Waals surface area contributed by atoms with Crippen LogP contribution < -0.4 is 0 Å². The molecule has 4 rings (SSSR count). The number of likely N-dealkylation sites (tertiary alicyclic amines) is 1. The largest absolute Gasteiger partial charge is 0.340 e. The number of carbonyl (C=O) groups is 3. The predicted octanol–water partition coefficient (Wildman–Crippen LogP) is 2.38. The molecule has 2 aliphatic rings. The summed E-state index contributed by atoms with van der Waals surface area (Å²) in [5.74, 6) is -0.549. The van der Waals surface area contributed by atoms with E-state index in [0.717, 1.165) is 16.8 Å². The Morgan fingerprint density at radius 2 is 1.70 bits per heavy atom. The first-order valence-corrected chi connectivity index (χ1v) is 11.2. The smallest absolute Gasteiger partial charge is 0.230 e. The molecule has 2 aliphatic heterocycles. The number of benzene rings is 1. The van der Waals surface area contributed by atoms with Crippen LogP contribution in [0.3, 0.4) is 0 Å². The van der Waals surface area contributed by atoms with Gasteiger partial charge in [-0.3, -0.25) is 29.2 Å². The lowest BCUT2D eigenvalue weighted by molar-refractivity contribution is -0.143. The molecule has 2 saturated heterocycles. The van der Waals surface area contributed by atoms with E-state index in [9.17, 15) is 19.6 Å². The number of amides is 3. The topological polar surface area (TPSA) is 97.6 Å². The lowest BCUT2D eigenvalue weighted by Crippen LogP contribution is -2.50. The van der Waals surface area contributed by atoms with Crippen molar-refractivity contribution in [1.82, 2.24) is 19.7 Å². The number of hydrogen-bond acceptors (Lipinski definition) is 6. The van der Waals surface area contributed by atoms with Crippen LogP contribution in [0.5, 0.6) is 0 Å². The molecule has 8 heteroatoms. The molecule has 2 unspecified atom stereocenters. The monoisotopic (exact) mass is 445 g/mol. The number of rotatable bonds is 6. The highest BCUT2D eigenvalue weighted by Gasteiger charge is 2.38. The highest BCUT2D eigenvalue weighted by Crippen LogP contribution is 2.31. The van der Waals surface area contributed by atoms with E-state index in [-0.39, 0.29) is 37.0 Å². The Morgan fingerprint density at radius 3 is 2.30 bits per heavy atom. The number of aryl methyl sites for hydroxylation is 1. The normalized spacial score (nSPS) is 18.8. The van der Waals surface area contributed by atoms with Crippen molar-refractivity contribution < 1.29 is 14.4 Å². The van der Waals surface area contributed by atoms with Gasteiger partial charge in [0.15, 0.2) is 0 Å². The van der Waals surface area contributed by atoms with E-state index in [1.807, 2.05) is 49.4 Å². The number of pyridine rings is 1. The Balaban J connectivity index is 1.44. The summed E-state index contributed by atoms with van der Waals surface area (Å²) in [6.07, 6.45) is 2.16. The van der Waals surface area contributed by atoms with Crippen LogP contribution >= 0.6 is 0 Å². The summed E-state index contributed by atoms with van der Waals surface area (Å²) in [6.45, 7) is 4.00. The summed E-state index contributed by atoms with van der Waals surface area (Å²) in [5.41, 5.74) is 2.49. The van der Waals surface area contributed by atoms with Gasteiger partial charge in [-0.05, 0) is 18.6 Å². The number of carbonyl (C=O) groups excluding carboxylic acids is 3. The SMILES string of the molecule is Cc1ncccc1C(C#N)N1CCN(C(=O)CC(c2ccccc2)N2C(=O)CCC2=O)CC1. The summed E-state index contributed by atoms with van der Waals surface area (Å²) >= 11 is 0. The van der Waals surface area contributed by atoms with Crippen LogP contribution in [0.15, 0.2) is 48.7 Å². The van der Waals surface area contributed by atoms with Gasteiger partial charge in [0, 0.05) is 56.5 Å². The molecule has 0 bridgehead atoms. The fourth-order valence-corrected chi connectivity index (χ4v) is 4.63. The van der Waals surface area contributed by atoms with Crippen LogP contribution in [0.4, 0.5) is 0 Å².